The minimum absolute atomic E-state index is 0. The van der Waals surface area contributed by atoms with Crippen LogP contribution in [-0.4, -0.2) is 93.1 Å². The molecule has 2 aliphatic heterocycles. The average Bonchev–Trinajstić information content (AvgIpc) is 3.15. The fourth-order valence-electron chi connectivity index (χ4n) is 7.02. The molecule has 250 valence electrons. The quantitative estimate of drug-likeness (QED) is 0.131. The predicted octanol–water partition coefficient (Wildman–Crippen LogP) is 0.721. The van der Waals surface area contributed by atoms with Gasteiger partial charge in [0.1, 0.15) is 0 Å². The molecular formula is C38H52Br2N4O2. The van der Waals surface area contributed by atoms with Crippen LogP contribution in [0.4, 0.5) is 11.4 Å². The summed E-state index contributed by atoms with van der Waals surface area (Å²) >= 11 is 0. The molecule has 46 heavy (non-hydrogen) atoms. The normalized spacial score (nSPS) is 14.2. The highest BCUT2D eigenvalue weighted by atomic mass is 79.9. The van der Waals surface area contributed by atoms with E-state index in [0.29, 0.717) is 17.7 Å². The Bertz CT molecular complexity index is 1380. The van der Waals surface area contributed by atoms with Gasteiger partial charge in [0, 0.05) is 37.3 Å². The summed E-state index contributed by atoms with van der Waals surface area (Å²) in [6, 6.07) is 25.1. The first-order valence-electron chi connectivity index (χ1n) is 16.7. The number of hydrogen-bond acceptors (Lipinski definition) is 3. The molecular weight excluding hydrogens is 704 g/mol. The summed E-state index contributed by atoms with van der Waals surface area (Å²) in [5, 5.41) is 0. The van der Waals surface area contributed by atoms with E-state index in [9.17, 15) is 9.59 Å². The van der Waals surface area contributed by atoms with Crippen molar-refractivity contribution in [2.75, 3.05) is 72.4 Å². The fourth-order valence-corrected chi connectivity index (χ4v) is 7.02. The maximum atomic E-state index is 12.6. The number of nitrogens with zero attached hydrogens (tertiary/aromatic N) is 4. The van der Waals surface area contributed by atoms with E-state index < -0.39 is 0 Å². The Kier molecular flexibility index (Phi) is 14.1. The number of para-hydroxylation sites is 2. The number of unbranched alkanes of at least 4 members (excludes halogenated alkanes) is 3. The van der Waals surface area contributed by atoms with Gasteiger partial charge in [-0.1, -0.05) is 48.5 Å². The van der Waals surface area contributed by atoms with Gasteiger partial charge in [0.15, 0.2) is 0 Å². The van der Waals surface area contributed by atoms with Crippen LogP contribution < -0.4 is 38.9 Å². The van der Waals surface area contributed by atoms with Crippen molar-refractivity contribution in [1.82, 2.24) is 4.90 Å². The number of quaternary nitrogens is 2. The number of rotatable bonds is 15. The molecule has 0 saturated heterocycles. The first kappa shape index (κ1) is 37.9. The Hall–Kier alpha value is -2.52. The average molecular weight is 757 g/mol. The number of aryl methyl sites for hydroxylation is 2. The number of imide groups is 1. The SMILES string of the molecule is C[N+](C)(CCCCCC[N+](C)(C)CCCN1c2ccccc2CCc2ccccc21)CCCN1C(=O)c2ccccc2C1=O.[Br-].[Br-]. The molecule has 0 bridgehead atoms. The van der Waals surface area contributed by atoms with E-state index in [-0.39, 0.29) is 45.8 Å². The minimum Gasteiger partial charge on any atom is -1.00 e. The van der Waals surface area contributed by atoms with Crippen LogP contribution in [0.2, 0.25) is 0 Å². The number of anilines is 2. The highest BCUT2D eigenvalue weighted by Crippen LogP contribution is 2.36. The second-order valence-electron chi connectivity index (χ2n) is 14.1. The maximum Gasteiger partial charge on any atom is 0.261 e. The lowest BCUT2D eigenvalue weighted by molar-refractivity contribution is -0.891. The van der Waals surface area contributed by atoms with Crippen LogP contribution in [0, 0.1) is 0 Å². The Morgan fingerprint density at radius 3 is 1.33 bits per heavy atom. The molecule has 0 N–H and O–H groups in total. The molecule has 2 heterocycles. The zero-order chi connectivity index (χ0) is 31.2. The lowest BCUT2D eigenvalue weighted by Gasteiger charge is -2.32. The van der Waals surface area contributed by atoms with Crippen LogP contribution in [-0.2, 0) is 12.8 Å². The van der Waals surface area contributed by atoms with Crippen molar-refractivity contribution in [1.29, 1.82) is 0 Å². The number of halogens is 2. The van der Waals surface area contributed by atoms with Crippen LogP contribution in [0.5, 0.6) is 0 Å². The maximum absolute atomic E-state index is 12.6. The van der Waals surface area contributed by atoms with Crippen molar-refractivity contribution in [2.45, 2.75) is 51.4 Å². The van der Waals surface area contributed by atoms with Gasteiger partial charge in [-0.25, -0.2) is 0 Å². The van der Waals surface area contributed by atoms with Crippen LogP contribution in [0.1, 0.15) is 70.4 Å². The van der Waals surface area contributed by atoms with Crippen molar-refractivity contribution in [2.24, 2.45) is 0 Å². The third-order valence-corrected chi connectivity index (χ3v) is 9.67. The van der Waals surface area contributed by atoms with Gasteiger partial charge < -0.3 is 47.8 Å². The summed E-state index contributed by atoms with van der Waals surface area (Å²) in [5.74, 6) is -0.287. The van der Waals surface area contributed by atoms with Crippen molar-refractivity contribution in [3.8, 4) is 0 Å². The monoisotopic (exact) mass is 754 g/mol. The highest BCUT2D eigenvalue weighted by molar-refractivity contribution is 6.21. The summed E-state index contributed by atoms with van der Waals surface area (Å²) in [4.78, 5) is 29.3. The smallest absolute Gasteiger partial charge is 0.261 e. The number of benzene rings is 3. The van der Waals surface area contributed by atoms with E-state index in [1.54, 1.807) is 12.1 Å². The van der Waals surface area contributed by atoms with E-state index in [2.05, 4.69) is 81.6 Å². The summed E-state index contributed by atoms with van der Waals surface area (Å²) < 4.78 is 1.99. The van der Waals surface area contributed by atoms with Gasteiger partial charge in [-0.05, 0) is 73.9 Å². The molecule has 0 atom stereocenters. The Morgan fingerprint density at radius 2 is 0.870 bits per heavy atom. The van der Waals surface area contributed by atoms with Gasteiger partial charge >= 0.3 is 0 Å². The van der Waals surface area contributed by atoms with Crippen LogP contribution in [0.25, 0.3) is 0 Å². The van der Waals surface area contributed by atoms with Gasteiger partial charge in [-0.2, -0.15) is 0 Å². The van der Waals surface area contributed by atoms with Crippen LogP contribution in [0.15, 0.2) is 72.8 Å². The summed E-state index contributed by atoms with van der Waals surface area (Å²) in [5.41, 5.74) is 6.77. The van der Waals surface area contributed by atoms with Gasteiger partial charge in [0.2, 0.25) is 0 Å². The number of amides is 2. The minimum atomic E-state index is -0.144. The van der Waals surface area contributed by atoms with E-state index in [4.69, 9.17) is 0 Å². The molecule has 0 fully saturated rings. The van der Waals surface area contributed by atoms with Gasteiger partial charge in [-0.3, -0.25) is 14.5 Å². The molecule has 3 aromatic carbocycles. The highest BCUT2D eigenvalue weighted by Gasteiger charge is 2.35. The van der Waals surface area contributed by atoms with E-state index in [0.717, 1.165) is 47.9 Å². The lowest BCUT2D eigenvalue weighted by Crippen LogP contribution is -3.00. The van der Waals surface area contributed by atoms with Gasteiger partial charge in [-0.15, -0.1) is 0 Å². The molecule has 2 amide bonds. The fraction of sp³-hybridized carbons (Fsp3) is 0.474. The molecule has 8 heteroatoms. The van der Waals surface area contributed by atoms with E-state index in [1.807, 2.05) is 12.1 Å². The summed E-state index contributed by atoms with van der Waals surface area (Å²) in [6.45, 7) is 6.03. The number of carbonyl (C=O) groups excluding carboxylic acids is 2. The first-order valence-corrected chi connectivity index (χ1v) is 16.7. The second kappa shape index (κ2) is 17.0. The van der Waals surface area contributed by atoms with Crippen molar-refractivity contribution in [3.63, 3.8) is 0 Å². The third-order valence-electron chi connectivity index (χ3n) is 9.67. The molecule has 0 spiro atoms. The molecule has 0 saturated carbocycles. The molecule has 0 aliphatic carbocycles. The lowest BCUT2D eigenvalue weighted by atomic mass is 10.0. The largest absolute Gasteiger partial charge is 1.00 e. The van der Waals surface area contributed by atoms with Crippen molar-refractivity contribution >= 4 is 23.2 Å². The molecule has 3 aromatic rings. The number of hydrogen-bond donors (Lipinski definition) is 0. The molecule has 6 nitrogen and oxygen atoms in total. The zero-order valence-corrected chi connectivity index (χ0v) is 31.4. The Morgan fingerprint density at radius 1 is 0.500 bits per heavy atom. The van der Waals surface area contributed by atoms with Crippen molar-refractivity contribution in [3.05, 3.63) is 95.1 Å². The number of carbonyl (C=O) groups is 2. The predicted molar refractivity (Wildman–Crippen MR) is 180 cm³/mol. The van der Waals surface area contributed by atoms with Gasteiger partial charge in [0.05, 0.1) is 65.5 Å². The molecule has 0 radical (unpaired) electrons. The summed E-state index contributed by atoms with van der Waals surface area (Å²) in [7, 11) is 9.31. The molecule has 5 rings (SSSR count). The molecule has 0 aromatic heterocycles. The van der Waals surface area contributed by atoms with Gasteiger partial charge in [0.25, 0.3) is 11.8 Å². The van der Waals surface area contributed by atoms with Crippen LogP contribution >= 0.6 is 0 Å². The van der Waals surface area contributed by atoms with E-state index in [1.165, 1.54) is 72.6 Å². The third kappa shape index (κ3) is 9.52. The Labute approximate surface area is 298 Å². The number of fused-ring (bicyclic) bond motifs is 3. The molecule has 0 unspecified atom stereocenters. The van der Waals surface area contributed by atoms with Crippen molar-refractivity contribution < 1.29 is 52.5 Å². The van der Waals surface area contributed by atoms with E-state index >= 15 is 0 Å². The zero-order valence-electron chi connectivity index (χ0n) is 28.2. The summed E-state index contributed by atoms with van der Waals surface area (Å²) in [6.07, 6.45) is 9.21. The first-order chi connectivity index (χ1) is 21.2. The van der Waals surface area contributed by atoms with Crippen LogP contribution in [0.3, 0.4) is 0 Å². The second-order valence-corrected chi connectivity index (χ2v) is 14.1. The topological polar surface area (TPSA) is 40.6 Å². The Balaban J connectivity index is 0.00000288. The standard InChI is InChI=1S/C38H52N4O2.2BrH/c1-41(2,29-15-25-39-35-21-11-7-17-31(35)23-24-32-18-8-12-22-36(32)39)27-13-5-6-14-28-42(3,4)30-16-26-40-37(43)33-19-9-10-20-34(33)38(40)44;;/h7-12,17-22H,5-6,13-16,23-30H2,1-4H3;2*1H/q+2;;/p-2. The molecule has 2 aliphatic rings.